The highest BCUT2D eigenvalue weighted by Crippen LogP contribution is 2.10. The van der Waals surface area contributed by atoms with Crippen LogP contribution in [0, 0.1) is 0 Å². The van der Waals surface area contributed by atoms with E-state index >= 15 is 0 Å². The van der Waals surface area contributed by atoms with Gasteiger partial charge in [0, 0.05) is 18.0 Å². The monoisotopic (exact) mass is 250 g/mol. The molecule has 0 saturated heterocycles. The molecule has 0 radical (unpaired) electrons. The fourth-order valence-corrected chi connectivity index (χ4v) is 1.51. The average Bonchev–Trinajstić information content (AvgIpc) is 2.36. The minimum Gasteiger partial charge on any atom is -0.399 e. The van der Waals surface area contributed by atoms with Crippen LogP contribution in [-0.2, 0) is 9.53 Å². The van der Waals surface area contributed by atoms with Crippen molar-refractivity contribution in [1.82, 2.24) is 0 Å². The molecule has 0 aromatic heterocycles. The molecule has 4 nitrogen and oxygen atoms in total. The first-order valence-corrected chi connectivity index (χ1v) is 6.45. The number of anilines is 2. The van der Waals surface area contributed by atoms with E-state index in [0.717, 1.165) is 18.7 Å². The number of amides is 1. The maximum Gasteiger partial charge on any atom is 0.226 e. The third-order valence-corrected chi connectivity index (χ3v) is 2.56. The van der Waals surface area contributed by atoms with Crippen LogP contribution >= 0.6 is 0 Å². The quantitative estimate of drug-likeness (QED) is 0.551. The van der Waals surface area contributed by atoms with Crippen molar-refractivity contribution in [2.24, 2.45) is 0 Å². The van der Waals surface area contributed by atoms with Crippen LogP contribution in [0.5, 0.6) is 0 Å². The summed E-state index contributed by atoms with van der Waals surface area (Å²) in [7, 11) is 0. The predicted molar refractivity (Wildman–Crippen MR) is 74.4 cm³/mol. The summed E-state index contributed by atoms with van der Waals surface area (Å²) in [6.45, 7) is 3.37. The molecule has 0 fully saturated rings. The van der Waals surface area contributed by atoms with Gasteiger partial charge in [0.05, 0.1) is 13.0 Å². The smallest absolute Gasteiger partial charge is 0.226 e. The van der Waals surface area contributed by atoms with Gasteiger partial charge in [0.1, 0.15) is 0 Å². The highest BCUT2D eigenvalue weighted by molar-refractivity contribution is 5.90. The SMILES string of the molecule is CCCCCOCCC(=O)Nc1ccc(N)cc1. The van der Waals surface area contributed by atoms with Crippen LogP contribution in [0.25, 0.3) is 0 Å². The summed E-state index contributed by atoms with van der Waals surface area (Å²) in [4.78, 5) is 11.6. The lowest BCUT2D eigenvalue weighted by Crippen LogP contribution is -2.14. The van der Waals surface area contributed by atoms with E-state index in [9.17, 15) is 4.79 Å². The first-order valence-electron chi connectivity index (χ1n) is 6.45. The van der Waals surface area contributed by atoms with E-state index in [4.69, 9.17) is 10.5 Å². The van der Waals surface area contributed by atoms with E-state index in [1.54, 1.807) is 24.3 Å². The highest BCUT2D eigenvalue weighted by atomic mass is 16.5. The van der Waals surface area contributed by atoms with Crippen LogP contribution in [-0.4, -0.2) is 19.1 Å². The van der Waals surface area contributed by atoms with Gasteiger partial charge >= 0.3 is 0 Å². The van der Waals surface area contributed by atoms with E-state index in [-0.39, 0.29) is 5.91 Å². The Labute approximate surface area is 109 Å². The summed E-state index contributed by atoms with van der Waals surface area (Å²) in [5.41, 5.74) is 7.01. The third-order valence-electron chi connectivity index (χ3n) is 2.56. The molecular weight excluding hydrogens is 228 g/mol. The zero-order chi connectivity index (χ0) is 13.2. The van der Waals surface area contributed by atoms with Crippen LogP contribution in [0.2, 0.25) is 0 Å². The lowest BCUT2D eigenvalue weighted by molar-refractivity contribution is -0.117. The number of hydrogen-bond donors (Lipinski definition) is 2. The molecule has 3 N–H and O–H groups in total. The molecular formula is C14H22N2O2. The molecule has 0 aliphatic heterocycles. The van der Waals surface area contributed by atoms with E-state index in [1.165, 1.54) is 12.8 Å². The average molecular weight is 250 g/mol. The Morgan fingerprint density at radius 1 is 1.22 bits per heavy atom. The zero-order valence-corrected chi connectivity index (χ0v) is 10.9. The number of ether oxygens (including phenoxy) is 1. The van der Waals surface area contributed by atoms with Crippen molar-refractivity contribution in [1.29, 1.82) is 0 Å². The molecule has 0 heterocycles. The lowest BCUT2D eigenvalue weighted by Gasteiger charge is -2.06. The lowest BCUT2D eigenvalue weighted by atomic mass is 10.2. The van der Waals surface area contributed by atoms with Crippen LogP contribution in [0.15, 0.2) is 24.3 Å². The van der Waals surface area contributed by atoms with Gasteiger partial charge in [-0.15, -0.1) is 0 Å². The van der Waals surface area contributed by atoms with Crippen molar-refractivity contribution in [3.05, 3.63) is 24.3 Å². The number of nitrogens with one attached hydrogen (secondary N) is 1. The van der Waals surface area contributed by atoms with Gasteiger partial charge in [-0.05, 0) is 30.7 Å². The number of carbonyl (C=O) groups excluding carboxylic acids is 1. The van der Waals surface area contributed by atoms with Crippen molar-refractivity contribution in [3.8, 4) is 0 Å². The molecule has 1 aromatic carbocycles. The fraction of sp³-hybridized carbons (Fsp3) is 0.500. The van der Waals surface area contributed by atoms with Crippen molar-refractivity contribution in [2.45, 2.75) is 32.6 Å². The summed E-state index contributed by atoms with van der Waals surface area (Å²) in [6, 6.07) is 7.10. The Morgan fingerprint density at radius 2 is 1.94 bits per heavy atom. The number of nitrogens with two attached hydrogens (primary N) is 1. The van der Waals surface area contributed by atoms with E-state index in [1.807, 2.05) is 0 Å². The molecule has 100 valence electrons. The Hall–Kier alpha value is -1.55. The number of carbonyl (C=O) groups is 1. The van der Waals surface area contributed by atoms with Crippen molar-refractivity contribution >= 4 is 17.3 Å². The second kappa shape index (κ2) is 8.53. The van der Waals surface area contributed by atoms with Gasteiger partial charge in [-0.3, -0.25) is 4.79 Å². The van der Waals surface area contributed by atoms with Crippen molar-refractivity contribution in [2.75, 3.05) is 24.3 Å². The molecule has 0 saturated carbocycles. The Balaban J connectivity index is 2.12. The Bertz CT molecular complexity index is 349. The van der Waals surface area contributed by atoms with E-state index < -0.39 is 0 Å². The van der Waals surface area contributed by atoms with Crippen LogP contribution in [0.1, 0.15) is 32.6 Å². The van der Waals surface area contributed by atoms with Crippen LogP contribution < -0.4 is 11.1 Å². The molecule has 4 heteroatoms. The number of unbranched alkanes of at least 4 members (excludes halogenated alkanes) is 2. The molecule has 18 heavy (non-hydrogen) atoms. The third kappa shape index (κ3) is 6.25. The molecule has 0 unspecified atom stereocenters. The summed E-state index contributed by atoms with van der Waals surface area (Å²) >= 11 is 0. The predicted octanol–water partition coefficient (Wildman–Crippen LogP) is 2.80. The van der Waals surface area contributed by atoms with E-state index in [0.29, 0.717) is 18.7 Å². The summed E-state index contributed by atoms with van der Waals surface area (Å²) in [5.74, 6) is -0.0322. The van der Waals surface area contributed by atoms with Crippen LogP contribution in [0.3, 0.4) is 0 Å². The number of nitrogen functional groups attached to an aromatic ring is 1. The summed E-state index contributed by atoms with van der Waals surface area (Å²) in [6.07, 6.45) is 3.81. The number of benzene rings is 1. The van der Waals surface area contributed by atoms with Gasteiger partial charge in [-0.25, -0.2) is 0 Å². The van der Waals surface area contributed by atoms with Gasteiger partial charge in [-0.1, -0.05) is 19.8 Å². The summed E-state index contributed by atoms with van der Waals surface area (Å²) in [5, 5.41) is 2.80. The molecule has 0 spiro atoms. The van der Waals surface area contributed by atoms with Crippen LogP contribution in [0.4, 0.5) is 11.4 Å². The Kier molecular flexibility index (Phi) is 6.87. The molecule has 0 atom stereocenters. The van der Waals surface area contributed by atoms with Gasteiger partial charge in [0.2, 0.25) is 5.91 Å². The summed E-state index contributed by atoms with van der Waals surface area (Å²) < 4.78 is 5.38. The largest absolute Gasteiger partial charge is 0.399 e. The zero-order valence-electron chi connectivity index (χ0n) is 10.9. The standard InChI is InChI=1S/C14H22N2O2/c1-2-3-4-10-18-11-9-14(17)16-13-7-5-12(15)6-8-13/h5-8H,2-4,9-11,15H2,1H3,(H,16,17). The van der Waals surface area contributed by atoms with Gasteiger partial charge in [0.25, 0.3) is 0 Å². The maximum absolute atomic E-state index is 11.6. The van der Waals surface area contributed by atoms with Crippen molar-refractivity contribution < 1.29 is 9.53 Å². The second-order valence-electron chi connectivity index (χ2n) is 4.24. The second-order valence-corrected chi connectivity index (χ2v) is 4.24. The fourth-order valence-electron chi connectivity index (χ4n) is 1.51. The number of hydrogen-bond acceptors (Lipinski definition) is 3. The molecule has 0 aliphatic rings. The first kappa shape index (κ1) is 14.5. The van der Waals surface area contributed by atoms with E-state index in [2.05, 4.69) is 12.2 Å². The normalized spacial score (nSPS) is 10.3. The maximum atomic E-state index is 11.6. The molecule has 1 amide bonds. The Morgan fingerprint density at radius 3 is 2.61 bits per heavy atom. The number of rotatable bonds is 8. The molecule has 1 aromatic rings. The van der Waals surface area contributed by atoms with Crippen molar-refractivity contribution in [3.63, 3.8) is 0 Å². The highest BCUT2D eigenvalue weighted by Gasteiger charge is 2.01. The topological polar surface area (TPSA) is 64.3 Å². The minimum atomic E-state index is -0.0322. The van der Waals surface area contributed by atoms with Gasteiger partial charge in [-0.2, -0.15) is 0 Å². The van der Waals surface area contributed by atoms with Gasteiger partial charge < -0.3 is 15.8 Å². The first-order chi connectivity index (χ1) is 8.72. The van der Waals surface area contributed by atoms with Gasteiger partial charge in [0.15, 0.2) is 0 Å². The molecule has 0 bridgehead atoms. The molecule has 0 aliphatic carbocycles. The molecule has 1 rings (SSSR count). The minimum absolute atomic E-state index is 0.0322.